The largest absolute Gasteiger partial charge is 0.465 e. The van der Waals surface area contributed by atoms with E-state index in [0.29, 0.717) is 12.1 Å². The minimum absolute atomic E-state index is 0.0592. The summed E-state index contributed by atoms with van der Waals surface area (Å²) in [4.78, 5) is 23.0. The fraction of sp³-hybridized carbons (Fsp3) is 0.0588. The Balaban J connectivity index is 2.54. The van der Waals surface area contributed by atoms with Gasteiger partial charge in [0.25, 0.3) is 0 Å². The zero-order valence-corrected chi connectivity index (χ0v) is 15.6. The van der Waals surface area contributed by atoms with Gasteiger partial charge in [-0.15, -0.1) is 0 Å². The van der Waals surface area contributed by atoms with Gasteiger partial charge in [-0.3, -0.25) is 10.1 Å². The predicted molar refractivity (Wildman–Crippen MR) is 97.9 cm³/mol. The lowest BCUT2D eigenvalue weighted by molar-refractivity contribution is -0.0689. The van der Waals surface area contributed by atoms with E-state index < -0.39 is 45.1 Å². The van der Waals surface area contributed by atoms with Gasteiger partial charge in [0, 0.05) is 5.56 Å². The highest BCUT2D eigenvalue weighted by molar-refractivity contribution is 6.35. The Morgan fingerprint density at radius 3 is 2.04 bits per heavy atom. The third kappa shape index (κ3) is 5.15. The molecule has 148 valence electrons. The van der Waals surface area contributed by atoms with Gasteiger partial charge in [0.1, 0.15) is 0 Å². The van der Waals surface area contributed by atoms with E-state index in [1.54, 1.807) is 0 Å². The molecular formula is C17H8Cl3F4NO3. The number of anilines is 1. The van der Waals surface area contributed by atoms with Gasteiger partial charge in [-0.2, -0.15) is 13.2 Å². The molecule has 0 radical (unpaired) electrons. The zero-order chi connectivity index (χ0) is 21.2. The number of allylic oxidation sites excluding steroid dienone is 2. The van der Waals surface area contributed by atoms with Crippen molar-refractivity contribution in [2.45, 2.75) is 6.18 Å². The Hall–Kier alpha value is -2.29. The first-order chi connectivity index (χ1) is 12.9. The Kier molecular flexibility index (Phi) is 6.59. The maximum Gasteiger partial charge on any atom is 0.417 e. The van der Waals surface area contributed by atoms with Crippen LogP contribution in [0.25, 0.3) is 5.57 Å². The number of rotatable bonds is 4. The van der Waals surface area contributed by atoms with Crippen LogP contribution in [0.5, 0.6) is 0 Å². The van der Waals surface area contributed by atoms with Crippen molar-refractivity contribution >= 4 is 57.9 Å². The van der Waals surface area contributed by atoms with Crippen LogP contribution < -0.4 is 5.32 Å². The first-order valence-electron chi connectivity index (χ1n) is 7.17. The number of amides is 1. The van der Waals surface area contributed by atoms with Crippen molar-refractivity contribution in [2.75, 3.05) is 5.32 Å². The van der Waals surface area contributed by atoms with E-state index in [1.807, 2.05) is 5.32 Å². The van der Waals surface area contributed by atoms with E-state index in [1.165, 1.54) is 0 Å². The number of carboxylic acid groups (broad SMARTS) is 1. The van der Waals surface area contributed by atoms with Crippen molar-refractivity contribution in [3.63, 3.8) is 0 Å². The summed E-state index contributed by atoms with van der Waals surface area (Å²) in [5.74, 6) is -2.20. The highest BCUT2D eigenvalue weighted by atomic mass is 35.5. The predicted octanol–water partition coefficient (Wildman–Crippen LogP) is 6.70. The fourth-order valence-corrected chi connectivity index (χ4v) is 2.80. The lowest BCUT2D eigenvalue weighted by atomic mass is 10.0. The molecule has 11 heteroatoms. The number of hydrogen-bond acceptors (Lipinski definition) is 2. The van der Waals surface area contributed by atoms with Gasteiger partial charge in [0.2, 0.25) is 0 Å². The van der Waals surface area contributed by atoms with Crippen molar-refractivity contribution in [2.24, 2.45) is 0 Å². The van der Waals surface area contributed by atoms with Crippen molar-refractivity contribution in [1.29, 1.82) is 0 Å². The van der Waals surface area contributed by atoms with Crippen molar-refractivity contribution in [3.8, 4) is 0 Å². The van der Waals surface area contributed by atoms with Crippen LogP contribution in [0, 0.1) is 5.82 Å². The molecule has 0 heterocycles. The number of benzene rings is 2. The molecule has 2 aromatic carbocycles. The molecule has 0 unspecified atom stereocenters. The number of nitrogens with one attached hydrogen (secondary N) is 1. The molecule has 0 aliphatic rings. The molecule has 0 spiro atoms. The van der Waals surface area contributed by atoms with E-state index in [2.05, 4.69) is 0 Å². The number of carbonyl (C=O) groups excluding carboxylic acids is 1. The smallest absolute Gasteiger partial charge is 0.417 e. The summed E-state index contributed by atoms with van der Waals surface area (Å²) in [6, 6.07) is 4.62. The van der Waals surface area contributed by atoms with Crippen LogP contribution in [-0.2, 0) is 0 Å². The minimum Gasteiger partial charge on any atom is -0.465 e. The molecule has 0 saturated heterocycles. The zero-order valence-electron chi connectivity index (χ0n) is 13.4. The van der Waals surface area contributed by atoms with Gasteiger partial charge in [0.15, 0.2) is 11.6 Å². The SMILES string of the molecule is O=C(O)Nc1cc(C(=O)C=C(c2cc(Cl)c(F)c(Cl)c2)C(F)(F)F)ccc1Cl. The maximum atomic E-state index is 13.5. The van der Waals surface area contributed by atoms with Crippen LogP contribution in [0.2, 0.25) is 15.1 Å². The normalized spacial score (nSPS) is 12.0. The van der Waals surface area contributed by atoms with Crippen LogP contribution >= 0.6 is 34.8 Å². The molecule has 0 aromatic heterocycles. The molecule has 0 aliphatic carbocycles. The summed E-state index contributed by atoms with van der Waals surface area (Å²) < 4.78 is 53.8. The molecule has 0 aliphatic heterocycles. The van der Waals surface area contributed by atoms with Crippen molar-refractivity contribution in [1.82, 2.24) is 0 Å². The van der Waals surface area contributed by atoms with Gasteiger partial charge < -0.3 is 5.11 Å². The van der Waals surface area contributed by atoms with Crippen molar-refractivity contribution in [3.05, 3.63) is 68.4 Å². The summed E-state index contributed by atoms with van der Waals surface area (Å²) in [7, 11) is 0. The van der Waals surface area contributed by atoms with Gasteiger partial charge >= 0.3 is 12.3 Å². The number of alkyl halides is 3. The fourth-order valence-electron chi connectivity index (χ4n) is 2.14. The Labute approximate surface area is 170 Å². The second kappa shape index (κ2) is 8.38. The van der Waals surface area contributed by atoms with E-state index in [0.717, 1.165) is 18.2 Å². The van der Waals surface area contributed by atoms with Crippen molar-refractivity contribution < 1.29 is 32.3 Å². The molecule has 2 aromatic rings. The standard InChI is InChI=1S/C17H8Cl3F4NO3/c18-10-2-1-7(5-13(10)25-16(27)28)14(26)6-9(17(22,23)24)8-3-11(19)15(21)12(20)4-8/h1-6,25H,(H,27,28). The number of carbonyl (C=O) groups is 2. The van der Waals surface area contributed by atoms with Crippen LogP contribution in [-0.4, -0.2) is 23.2 Å². The number of hydrogen-bond donors (Lipinski definition) is 2. The first-order valence-corrected chi connectivity index (χ1v) is 8.31. The summed E-state index contributed by atoms with van der Waals surface area (Å²) in [6.07, 6.45) is -6.20. The Morgan fingerprint density at radius 1 is 0.964 bits per heavy atom. The third-order valence-electron chi connectivity index (χ3n) is 3.37. The van der Waals surface area contributed by atoms with Gasteiger partial charge in [-0.1, -0.05) is 34.8 Å². The van der Waals surface area contributed by atoms with E-state index >= 15 is 0 Å². The van der Waals surface area contributed by atoms with Gasteiger partial charge in [-0.05, 0) is 42.0 Å². The molecule has 2 rings (SSSR count). The van der Waals surface area contributed by atoms with Gasteiger partial charge in [0.05, 0.1) is 26.3 Å². The topological polar surface area (TPSA) is 66.4 Å². The monoisotopic (exact) mass is 455 g/mol. The molecule has 2 N–H and O–H groups in total. The van der Waals surface area contributed by atoms with Crippen LogP contribution in [0.3, 0.4) is 0 Å². The van der Waals surface area contributed by atoms with E-state index in [4.69, 9.17) is 39.9 Å². The molecule has 0 saturated carbocycles. The molecule has 0 atom stereocenters. The third-order valence-corrected chi connectivity index (χ3v) is 4.25. The molecule has 0 fully saturated rings. The lowest BCUT2D eigenvalue weighted by Crippen LogP contribution is -2.13. The maximum absolute atomic E-state index is 13.5. The van der Waals surface area contributed by atoms with Crippen LogP contribution in [0.15, 0.2) is 36.4 Å². The lowest BCUT2D eigenvalue weighted by Gasteiger charge is -2.13. The molecular weight excluding hydrogens is 449 g/mol. The average molecular weight is 457 g/mol. The van der Waals surface area contributed by atoms with E-state index in [-0.39, 0.29) is 22.3 Å². The van der Waals surface area contributed by atoms with Crippen LogP contribution in [0.1, 0.15) is 15.9 Å². The second-order valence-electron chi connectivity index (χ2n) is 5.30. The highest BCUT2D eigenvalue weighted by Crippen LogP contribution is 2.37. The highest BCUT2D eigenvalue weighted by Gasteiger charge is 2.36. The van der Waals surface area contributed by atoms with Crippen LogP contribution in [0.4, 0.5) is 28.0 Å². The summed E-state index contributed by atoms with van der Waals surface area (Å²) in [5, 5.41) is 9.29. The molecule has 1 amide bonds. The molecule has 0 bridgehead atoms. The summed E-state index contributed by atoms with van der Waals surface area (Å²) in [5.41, 5.74) is -2.48. The summed E-state index contributed by atoms with van der Waals surface area (Å²) >= 11 is 16.8. The molecule has 28 heavy (non-hydrogen) atoms. The first kappa shape index (κ1) is 22.0. The number of halogens is 7. The Bertz CT molecular complexity index is 967. The van der Waals surface area contributed by atoms with E-state index in [9.17, 15) is 27.2 Å². The number of ketones is 1. The summed E-state index contributed by atoms with van der Waals surface area (Å²) in [6.45, 7) is 0. The average Bonchev–Trinajstić information content (AvgIpc) is 2.57. The second-order valence-corrected chi connectivity index (χ2v) is 6.52. The minimum atomic E-state index is -4.99. The quantitative estimate of drug-likeness (QED) is 0.233. The van der Waals surface area contributed by atoms with Gasteiger partial charge in [-0.25, -0.2) is 9.18 Å². The Morgan fingerprint density at radius 2 is 1.54 bits per heavy atom. The molecule has 4 nitrogen and oxygen atoms in total.